The van der Waals surface area contributed by atoms with Gasteiger partial charge in [-0.25, -0.2) is 0 Å². The summed E-state index contributed by atoms with van der Waals surface area (Å²) in [4.78, 5) is 24.1. The van der Waals surface area contributed by atoms with Gasteiger partial charge in [0.05, 0.1) is 11.5 Å². The number of carbonyl (C=O) groups is 2. The van der Waals surface area contributed by atoms with Gasteiger partial charge in [0.25, 0.3) is 0 Å². The molecule has 0 fully saturated rings. The molecule has 1 unspecified atom stereocenters. The van der Waals surface area contributed by atoms with Gasteiger partial charge in [-0.05, 0) is 43.5 Å². The average molecular weight is 357 g/mol. The third kappa shape index (κ3) is 7.38. The third-order valence-corrected chi connectivity index (χ3v) is 4.57. The molecule has 4 nitrogen and oxygen atoms in total. The quantitative estimate of drug-likeness (QED) is 0.667. The highest BCUT2D eigenvalue weighted by Crippen LogP contribution is 2.16. The van der Waals surface area contributed by atoms with Crippen LogP contribution in [0.5, 0.6) is 0 Å². The van der Waals surface area contributed by atoms with Gasteiger partial charge in [-0.1, -0.05) is 25.4 Å². The van der Waals surface area contributed by atoms with Crippen LogP contribution in [0.2, 0.25) is 5.02 Å². The van der Waals surface area contributed by atoms with E-state index in [-0.39, 0.29) is 23.2 Å². The predicted octanol–water partition coefficient (Wildman–Crippen LogP) is 3.14. The fraction of sp³-hybridized carbons (Fsp3) is 0.529. The van der Waals surface area contributed by atoms with Crippen molar-refractivity contribution in [3.8, 4) is 0 Å². The lowest BCUT2D eigenvalue weighted by atomic mass is 9.91. The van der Waals surface area contributed by atoms with Crippen molar-refractivity contribution in [1.29, 1.82) is 0 Å². The van der Waals surface area contributed by atoms with E-state index in [9.17, 15) is 9.59 Å². The number of rotatable bonds is 9. The molecule has 0 aromatic heterocycles. The number of halogens is 1. The van der Waals surface area contributed by atoms with E-state index in [2.05, 4.69) is 19.2 Å². The summed E-state index contributed by atoms with van der Waals surface area (Å²) in [5.41, 5.74) is 5.99. The summed E-state index contributed by atoms with van der Waals surface area (Å²) in [6.07, 6.45) is 0.823. The van der Waals surface area contributed by atoms with Crippen LogP contribution in [-0.2, 0) is 4.79 Å². The van der Waals surface area contributed by atoms with Gasteiger partial charge in [0, 0.05) is 22.7 Å². The van der Waals surface area contributed by atoms with E-state index in [0.29, 0.717) is 23.0 Å². The molecule has 0 aliphatic heterocycles. The van der Waals surface area contributed by atoms with Crippen molar-refractivity contribution < 1.29 is 9.59 Å². The molecule has 3 N–H and O–H groups in total. The van der Waals surface area contributed by atoms with Crippen molar-refractivity contribution in [3.63, 3.8) is 0 Å². The second kappa shape index (κ2) is 9.30. The molecule has 0 saturated carbocycles. The molecular weight excluding hydrogens is 332 g/mol. The average Bonchev–Trinajstić information content (AvgIpc) is 2.46. The molecule has 6 heteroatoms. The minimum absolute atomic E-state index is 0.0109. The first-order valence-electron chi connectivity index (χ1n) is 7.63. The summed E-state index contributed by atoms with van der Waals surface area (Å²) < 4.78 is 0. The highest BCUT2D eigenvalue weighted by Gasteiger charge is 2.25. The molecule has 1 rings (SSSR count). The standard InChI is InChI=1S/C17H25ClN2O2S/c1-12(2)8-17(3,11-19)20-16(22)10-23-9-15(21)13-4-6-14(18)7-5-13/h4-7,12H,8-11,19H2,1-3H3,(H,20,22). The third-order valence-electron chi connectivity index (χ3n) is 3.38. The number of nitrogens with one attached hydrogen (secondary N) is 1. The molecule has 23 heavy (non-hydrogen) atoms. The lowest BCUT2D eigenvalue weighted by Crippen LogP contribution is -2.52. The van der Waals surface area contributed by atoms with Crippen LogP contribution in [0, 0.1) is 5.92 Å². The van der Waals surface area contributed by atoms with Crippen LogP contribution in [0.4, 0.5) is 0 Å². The van der Waals surface area contributed by atoms with Crippen molar-refractivity contribution in [2.24, 2.45) is 11.7 Å². The number of ketones is 1. The lowest BCUT2D eigenvalue weighted by Gasteiger charge is -2.31. The maximum atomic E-state index is 12.0. The van der Waals surface area contributed by atoms with Crippen LogP contribution in [0.15, 0.2) is 24.3 Å². The van der Waals surface area contributed by atoms with E-state index >= 15 is 0 Å². The minimum Gasteiger partial charge on any atom is -0.349 e. The summed E-state index contributed by atoms with van der Waals surface area (Å²) in [6, 6.07) is 6.76. The Morgan fingerprint density at radius 1 is 1.26 bits per heavy atom. The van der Waals surface area contributed by atoms with Gasteiger partial charge >= 0.3 is 0 Å². The van der Waals surface area contributed by atoms with Crippen LogP contribution < -0.4 is 11.1 Å². The second-order valence-corrected chi connectivity index (χ2v) is 7.76. The van der Waals surface area contributed by atoms with E-state index in [1.165, 1.54) is 11.8 Å². The Labute approximate surface area is 147 Å². The van der Waals surface area contributed by atoms with Crippen molar-refractivity contribution in [1.82, 2.24) is 5.32 Å². The number of amides is 1. The summed E-state index contributed by atoms with van der Waals surface area (Å²) in [5.74, 6) is 0.852. The molecule has 1 amide bonds. The number of Topliss-reactive ketones (excluding diaryl/α,β-unsaturated/α-hetero) is 1. The number of nitrogens with two attached hydrogens (primary N) is 1. The van der Waals surface area contributed by atoms with Crippen LogP contribution >= 0.6 is 23.4 Å². The van der Waals surface area contributed by atoms with Gasteiger partial charge in [0.15, 0.2) is 5.78 Å². The van der Waals surface area contributed by atoms with E-state index in [1.54, 1.807) is 24.3 Å². The van der Waals surface area contributed by atoms with Gasteiger partial charge < -0.3 is 11.1 Å². The molecule has 0 heterocycles. The predicted molar refractivity (Wildman–Crippen MR) is 98.2 cm³/mol. The molecule has 128 valence electrons. The molecule has 0 saturated heterocycles. The van der Waals surface area contributed by atoms with Crippen molar-refractivity contribution in [2.75, 3.05) is 18.1 Å². The maximum Gasteiger partial charge on any atom is 0.230 e. The normalized spacial score (nSPS) is 13.7. The largest absolute Gasteiger partial charge is 0.349 e. The zero-order valence-electron chi connectivity index (χ0n) is 13.9. The van der Waals surface area contributed by atoms with Crippen LogP contribution in [0.1, 0.15) is 37.6 Å². The first-order valence-corrected chi connectivity index (χ1v) is 9.16. The molecule has 0 bridgehead atoms. The fourth-order valence-corrected chi connectivity index (χ4v) is 3.25. The van der Waals surface area contributed by atoms with Crippen molar-refractivity contribution in [2.45, 2.75) is 32.7 Å². The molecule has 1 aromatic carbocycles. The summed E-state index contributed by atoms with van der Waals surface area (Å²) >= 11 is 7.10. The van der Waals surface area contributed by atoms with Crippen LogP contribution in [0.25, 0.3) is 0 Å². The van der Waals surface area contributed by atoms with E-state index < -0.39 is 5.54 Å². The Kier molecular flexibility index (Phi) is 8.09. The second-order valence-electron chi connectivity index (χ2n) is 6.33. The van der Waals surface area contributed by atoms with E-state index in [4.69, 9.17) is 17.3 Å². The molecule has 0 aliphatic carbocycles. The van der Waals surface area contributed by atoms with Gasteiger partial charge in [0.1, 0.15) is 0 Å². The number of thioether (sulfide) groups is 1. The number of benzene rings is 1. The van der Waals surface area contributed by atoms with Crippen molar-refractivity contribution in [3.05, 3.63) is 34.9 Å². The van der Waals surface area contributed by atoms with Gasteiger partial charge in [0.2, 0.25) is 5.91 Å². The Morgan fingerprint density at radius 3 is 2.39 bits per heavy atom. The molecular formula is C17H25ClN2O2S. The molecule has 0 aliphatic rings. The number of hydrogen-bond donors (Lipinski definition) is 2. The SMILES string of the molecule is CC(C)CC(C)(CN)NC(=O)CSCC(=O)c1ccc(Cl)cc1. The molecule has 1 atom stereocenters. The first-order chi connectivity index (χ1) is 10.8. The molecule has 1 aromatic rings. The van der Waals surface area contributed by atoms with Crippen LogP contribution in [0.3, 0.4) is 0 Å². The number of carbonyl (C=O) groups excluding carboxylic acids is 2. The zero-order chi connectivity index (χ0) is 17.5. The van der Waals surface area contributed by atoms with Gasteiger partial charge in [-0.3, -0.25) is 9.59 Å². The summed E-state index contributed by atoms with van der Waals surface area (Å²) in [7, 11) is 0. The zero-order valence-corrected chi connectivity index (χ0v) is 15.5. The Morgan fingerprint density at radius 2 is 1.87 bits per heavy atom. The fourth-order valence-electron chi connectivity index (χ4n) is 2.41. The molecule has 0 spiro atoms. The van der Waals surface area contributed by atoms with Crippen LogP contribution in [-0.4, -0.2) is 35.3 Å². The topological polar surface area (TPSA) is 72.2 Å². The smallest absolute Gasteiger partial charge is 0.230 e. The highest BCUT2D eigenvalue weighted by atomic mass is 35.5. The van der Waals surface area contributed by atoms with E-state index in [1.807, 2.05) is 6.92 Å². The van der Waals surface area contributed by atoms with Crippen molar-refractivity contribution >= 4 is 35.1 Å². The van der Waals surface area contributed by atoms with E-state index in [0.717, 1.165) is 6.42 Å². The Balaban J connectivity index is 2.41. The van der Waals surface area contributed by atoms with Gasteiger partial charge in [-0.15, -0.1) is 11.8 Å². The first kappa shape index (κ1) is 20.0. The van der Waals surface area contributed by atoms with Gasteiger partial charge in [-0.2, -0.15) is 0 Å². The monoisotopic (exact) mass is 356 g/mol. The Bertz CT molecular complexity index is 534. The maximum absolute atomic E-state index is 12.0. The summed E-state index contributed by atoms with van der Waals surface area (Å²) in [6.45, 7) is 6.54. The lowest BCUT2D eigenvalue weighted by molar-refractivity contribution is -0.120. The molecule has 0 radical (unpaired) electrons. The number of hydrogen-bond acceptors (Lipinski definition) is 4. The minimum atomic E-state index is -0.397. The Hall–Kier alpha value is -1.04. The highest BCUT2D eigenvalue weighted by molar-refractivity contribution is 8.00. The summed E-state index contributed by atoms with van der Waals surface area (Å²) in [5, 5.41) is 3.58.